The van der Waals surface area contributed by atoms with Gasteiger partial charge < -0.3 is 9.47 Å². The van der Waals surface area contributed by atoms with E-state index in [4.69, 9.17) is 0 Å². The molecule has 0 bridgehead atoms. The summed E-state index contributed by atoms with van der Waals surface area (Å²) in [6.07, 6.45) is -3.68. The monoisotopic (exact) mass is 361 g/mol. The second kappa shape index (κ2) is 5.96. The Kier molecular flexibility index (Phi) is 3.86. The first-order valence-corrected chi connectivity index (χ1v) is 8.52. The van der Waals surface area contributed by atoms with Crippen molar-refractivity contribution in [3.05, 3.63) is 47.2 Å². The number of alkyl halides is 3. The molecule has 0 unspecified atom stereocenters. The van der Waals surface area contributed by atoms with Crippen LogP contribution in [-0.2, 0) is 25.7 Å². The lowest BCUT2D eigenvalue weighted by Crippen LogP contribution is -2.36. The summed E-state index contributed by atoms with van der Waals surface area (Å²) in [5.41, 5.74) is 4.00. The number of aryl methyl sites for hydroxylation is 1. The summed E-state index contributed by atoms with van der Waals surface area (Å²) in [6, 6.07) is 7.86. The zero-order chi connectivity index (χ0) is 18.5. The molecule has 0 spiro atoms. The molecule has 4 rings (SSSR count). The Morgan fingerprint density at radius 3 is 2.62 bits per heavy atom. The third kappa shape index (κ3) is 2.60. The van der Waals surface area contributed by atoms with Gasteiger partial charge >= 0.3 is 6.18 Å². The molecule has 3 aromatic rings. The number of hydrogen-bond acceptors (Lipinski definition) is 4. The Hall–Kier alpha value is -2.64. The summed E-state index contributed by atoms with van der Waals surface area (Å²) in [5.74, 6) is -0.581. The normalized spacial score (nSPS) is 14.7. The first-order chi connectivity index (χ1) is 12.4. The van der Waals surface area contributed by atoms with E-state index in [9.17, 15) is 13.2 Å². The molecule has 0 saturated carbocycles. The number of pyridine rings is 1. The molecule has 0 amide bonds. The molecule has 0 radical (unpaired) electrons. The minimum Gasteiger partial charge on any atom is -0.361 e. The number of anilines is 1. The molecule has 0 aliphatic carbocycles. The number of fused-ring (bicyclic) bond motifs is 2. The smallest absolute Gasteiger partial charge is 0.361 e. The lowest BCUT2D eigenvalue weighted by molar-refractivity contribution is -0.147. The van der Waals surface area contributed by atoms with Crippen molar-refractivity contribution in [3.8, 4) is 0 Å². The first-order valence-electron chi connectivity index (χ1n) is 8.52. The standard InChI is InChI=1S/C18H18F3N5/c1-3-12-11(2)22-14-7-5-4-6-13(14)16(12)25-8-9-26-15(10-25)23-24-17(26)18(19,20)21/h4-7H,3,8-10H2,1-2H3. The van der Waals surface area contributed by atoms with Crippen molar-refractivity contribution in [2.45, 2.75) is 39.5 Å². The van der Waals surface area contributed by atoms with Crippen LogP contribution in [0.1, 0.15) is 29.8 Å². The van der Waals surface area contributed by atoms with Gasteiger partial charge in [-0.15, -0.1) is 10.2 Å². The predicted octanol–water partition coefficient (Wildman–Crippen LogP) is 3.74. The van der Waals surface area contributed by atoms with Gasteiger partial charge in [0.15, 0.2) is 5.82 Å². The Morgan fingerprint density at radius 1 is 1.12 bits per heavy atom. The third-order valence-electron chi connectivity index (χ3n) is 4.85. The number of para-hydroxylation sites is 1. The molecule has 2 aromatic heterocycles. The largest absolute Gasteiger partial charge is 0.451 e. The van der Waals surface area contributed by atoms with Crippen molar-refractivity contribution < 1.29 is 13.2 Å². The summed E-state index contributed by atoms with van der Waals surface area (Å²) in [4.78, 5) is 6.77. The molecule has 136 valence electrons. The van der Waals surface area contributed by atoms with E-state index < -0.39 is 12.0 Å². The fourth-order valence-corrected chi connectivity index (χ4v) is 3.70. The van der Waals surface area contributed by atoms with Gasteiger partial charge in [0.1, 0.15) is 0 Å². The highest BCUT2D eigenvalue weighted by atomic mass is 19.4. The zero-order valence-corrected chi connectivity index (χ0v) is 14.5. The SMILES string of the molecule is CCc1c(C)nc2ccccc2c1N1CCn2c(nnc2C(F)(F)F)C1. The van der Waals surface area contributed by atoms with Crippen LogP contribution in [0.2, 0.25) is 0 Å². The predicted molar refractivity (Wildman–Crippen MR) is 91.9 cm³/mol. The number of aromatic nitrogens is 4. The highest BCUT2D eigenvalue weighted by molar-refractivity contribution is 5.94. The van der Waals surface area contributed by atoms with Gasteiger partial charge in [-0.3, -0.25) is 4.98 Å². The van der Waals surface area contributed by atoms with Crippen LogP contribution in [0.15, 0.2) is 24.3 Å². The van der Waals surface area contributed by atoms with Gasteiger partial charge in [0.25, 0.3) is 0 Å². The lowest BCUT2D eigenvalue weighted by Gasteiger charge is -2.32. The molecule has 0 saturated heterocycles. The van der Waals surface area contributed by atoms with E-state index >= 15 is 0 Å². The molecular weight excluding hydrogens is 343 g/mol. The Balaban J connectivity index is 1.81. The highest BCUT2D eigenvalue weighted by Crippen LogP contribution is 2.35. The van der Waals surface area contributed by atoms with E-state index in [0.29, 0.717) is 18.9 Å². The Labute approximate surface area is 148 Å². The zero-order valence-electron chi connectivity index (χ0n) is 14.5. The first kappa shape index (κ1) is 16.8. The average molecular weight is 361 g/mol. The van der Waals surface area contributed by atoms with E-state index in [1.54, 1.807) is 0 Å². The maximum Gasteiger partial charge on any atom is 0.451 e. The fourth-order valence-electron chi connectivity index (χ4n) is 3.70. The summed E-state index contributed by atoms with van der Waals surface area (Å²) in [6.45, 7) is 5.01. The van der Waals surface area contributed by atoms with Gasteiger partial charge in [0, 0.05) is 24.2 Å². The molecule has 1 aliphatic rings. The van der Waals surface area contributed by atoms with E-state index in [-0.39, 0.29) is 6.54 Å². The minimum atomic E-state index is -4.48. The molecule has 5 nitrogen and oxygen atoms in total. The van der Waals surface area contributed by atoms with Crippen LogP contribution < -0.4 is 4.90 Å². The van der Waals surface area contributed by atoms with Crippen molar-refractivity contribution in [1.82, 2.24) is 19.7 Å². The van der Waals surface area contributed by atoms with Crippen LogP contribution in [0, 0.1) is 6.92 Å². The number of benzene rings is 1. The van der Waals surface area contributed by atoms with Crippen LogP contribution >= 0.6 is 0 Å². The van der Waals surface area contributed by atoms with Gasteiger partial charge in [0.2, 0.25) is 5.82 Å². The van der Waals surface area contributed by atoms with Gasteiger partial charge in [-0.2, -0.15) is 13.2 Å². The van der Waals surface area contributed by atoms with Crippen molar-refractivity contribution in [2.24, 2.45) is 0 Å². The summed E-state index contributed by atoms with van der Waals surface area (Å²) in [7, 11) is 0. The van der Waals surface area contributed by atoms with Crippen molar-refractivity contribution >= 4 is 16.6 Å². The van der Waals surface area contributed by atoms with E-state index in [2.05, 4.69) is 27.0 Å². The molecule has 3 heterocycles. The van der Waals surface area contributed by atoms with Crippen molar-refractivity contribution in [3.63, 3.8) is 0 Å². The van der Waals surface area contributed by atoms with E-state index in [0.717, 1.165) is 34.3 Å². The lowest BCUT2D eigenvalue weighted by atomic mass is 10.0. The molecule has 0 atom stereocenters. The third-order valence-corrected chi connectivity index (χ3v) is 4.85. The molecule has 0 N–H and O–H groups in total. The summed E-state index contributed by atoms with van der Waals surface area (Å²) in [5, 5.41) is 8.17. The van der Waals surface area contributed by atoms with Crippen LogP contribution in [0.5, 0.6) is 0 Å². The van der Waals surface area contributed by atoms with Gasteiger partial charge in [-0.25, -0.2) is 0 Å². The molecule has 1 aliphatic heterocycles. The van der Waals surface area contributed by atoms with E-state index in [1.165, 1.54) is 4.57 Å². The maximum atomic E-state index is 13.1. The molecule has 1 aromatic carbocycles. The number of nitrogens with zero attached hydrogens (tertiary/aromatic N) is 5. The van der Waals surface area contributed by atoms with Crippen LogP contribution in [0.25, 0.3) is 10.9 Å². The maximum absolute atomic E-state index is 13.1. The van der Waals surface area contributed by atoms with Gasteiger partial charge in [-0.05, 0) is 25.0 Å². The number of rotatable bonds is 2. The molecule has 26 heavy (non-hydrogen) atoms. The quantitative estimate of drug-likeness (QED) is 0.698. The molecule has 0 fully saturated rings. The highest BCUT2D eigenvalue weighted by Gasteiger charge is 2.39. The second-order valence-electron chi connectivity index (χ2n) is 6.41. The van der Waals surface area contributed by atoms with Crippen molar-refractivity contribution in [1.29, 1.82) is 0 Å². The van der Waals surface area contributed by atoms with Gasteiger partial charge in [0.05, 0.1) is 17.7 Å². The minimum absolute atomic E-state index is 0.204. The summed E-state index contributed by atoms with van der Waals surface area (Å²) < 4.78 is 40.4. The topological polar surface area (TPSA) is 46.8 Å². The Morgan fingerprint density at radius 2 is 1.88 bits per heavy atom. The molecule has 8 heteroatoms. The van der Waals surface area contributed by atoms with Gasteiger partial charge in [-0.1, -0.05) is 25.1 Å². The Bertz CT molecular complexity index is 977. The van der Waals surface area contributed by atoms with Crippen LogP contribution in [-0.4, -0.2) is 26.3 Å². The average Bonchev–Trinajstić information content (AvgIpc) is 3.04. The molecular formula is C18H18F3N5. The van der Waals surface area contributed by atoms with Crippen LogP contribution in [0.4, 0.5) is 18.9 Å². The number of halogens is 3. The van der Waals surface area contributed by atoms with E-state index in [1.807, 2.05) is 31.2 Å². The van der Waals surface area contributed by atoms with Crippen molar-refractivity contribution in [2.75, 3.05) is 11.4 Å². The second-order valence-corrected chi connectivity index (χ2v) is 6.41. The summed E-state index contributed by atoms with van der Waals surface area (Å²) >= 11 is 0. The van der Waals surface area contributed by atoms with Crippen LogP contribution in [0.3, 0.4) is 0 Å². The fraction of sp³-hybridized carbons (Fsp3) is 0.389. The number of hydrogen-bond donors (Lipinski definition) is 0.